The smallest absolute Gasteiger partial charge is 0.137 e. The van der Waals surface area contributed by atoms with E-state index >= 15 is 0 Å². The van der Waals surface area contributed by atoms with Gasteiger partial charge in [0.05, 0.1) is 16.9 Å². The molecule has 56 valence electrons. The number of hydrogen-bond donors (Lipinski definition) is 3. The maximum Gasteiger partial charge on any atom is 0.137 e. The fourth-order valence-electron chi connectivity index (χ4n) is 0.950. The molecule has 0 fully saturated rings. The molecule has 5 heteroatoms. The first kappa shape index (κ1) is 5.96. The van der Waals surface area contributed by atoms with E-state index in [0.717, 1.165) is 5.52 Å². The summed E-state index contributed by atoms with van der Waals surface area (Å²) in [7, 11) is 0. The molecule has 5 N–H and O–H groups in total. The summed E-state index contributed by atoms with van der Waals surface area (Å²) in [6, 6.07) is 3.51. The number of H-pyrrole nitrogens is 1. The van der Waals surface area contributed by atoms with Crippen LogP contribution in [0.4, 0.5) is 11.4 Å². The molecule has 0 aliphatic heterocycles. The van der Waals surface area contributed by atoms with Crippen molar-refractivity contribution in [3.05, 3.63) is 12.1 Å². The molecule has 1 aromatic carbocycles. The third kappa shape index (κ3) is 0.706. The summed E-state index contributed by atoms with van der Waals surface area (Å²) in [6.45, 7) is 0. The number of fused-ring (bicyclic) bond motifs is 1. The van der Waals surface area contributed by atoms with E-state index in [1.165, 1.54) is 0 Å². The van der Waals surface area contributed by atoms with Gasteiger partial charge in [0.1, 0.15) is 5.52 Å². The van der Waals surface area contributed by atoms with Gasteiger partial charge >= 0.3 is 0 Å². The van der Waals surface area contributed by atoms with Crippen molar-refractivity contribution < 1.29 is 0 Å². The third-order valence-electron chi connectivity index (χ3n) is 1.57. The van der Waals surface area contributed by atoms with Crippen molar-refractivity contribution in [1.82, 2.24) is 15.4 Å². The lowest BCUT2D eigenvalue weighted by Crippen LogP contribution is -1.94. The van der Waals surface area contributed by atoms with Gasteiger partial charge in [-0.2, -0.15) is 0 Å². The van der Waals surface area contributed by atoms with Gasteiger partial charge in [0, 0.05) is 0 Å². The summed E-state index contributed by atoms with van der Waals surface area (Å²) in [5.41, 5.74) is 13.6. The highest BCUT2D eigenvalue weighted by atomic mass is 15.3. The molecule has 0 spiro atoms. The van der Waals surface area contributed by atoms with Crippen LogP contribution in [0.15, 0.2) is 12.1 Å². The zero-order valence-electron chi connectivity index (χ0n) is 5.70. The van der Waals surface area contributed by atoms with E-state index < -0.39 is 0 Å². The molecule has 0 bridgehead atoms. The van der Waals surface area contributed by atoms with Crippen LogP contribution in [0.25, 0.3) is 11.0 Å². The van der Waals surface area contributed by atoms with E-state index in [1.807, 2.05) is 0 Å². The molecule has 0 unspecified atom stereocenters. The molecule has 11 heavy (non-hydrogen) atoms. The second kappa shape index (κ2) is 1.85. The summed E-state index contributed by atoms with van der Waals surface area (Å²) in [5, 5.41) is 10.1. The van der Waals surface area contributed by atoms with Gasteiger partial charge in [0.2, 0.25) is 0 Å². The minimum absolute atomic E-state index is 0.483. The van der Waals surface area contributed by atoms with Gasteiger partial charge in [-0.25, -0.2) is 0 Å². The van der Waals surface area contributed by atoms with Crippen LogP contribution in [0, 0.1) is 0 Å². The molecule has 2 rings (SSSR count). The zero-order chi connectivity index (χ0) is 7.84. The summed E-state index contributed by atoms with van der Waals surface area (Å²) in [4.78, 5) is 0. The Balaban J connectivity index is 2.93. The Hall–Kier alpha value is -1.78. The zero-order valence-corrected chi connectivity index (χ0v) is 5.70. The van der Waals surface area contributed by atoms with E-state index in [1.54, 1.807) is 12.1 Å². The molecule has 0 radical (unpaired) electrons. The van der Waals surface area contributed by atoms with Gasteiger partial charge in [-0.15, -0.1) is 5.10 Å². The third-order valence-corrected chi connectivity index (χ3v) is 1.57. The molecule has 0 atom stereocenters. The number of benzene rings is 1. The minimum atomic E-state index is 0.483. The summed E-state index contributed by atoms with van der Waals surface area (Å²) in [6.07, 6.45) is 0. The summed E-state index contributed by atoms with van der Waals surface area (Å²) >= 11 is 0. The van der Waals surface area contributed by atoms with Crippen molar-refractivity contribution in [3.8, 4) is 0 Å². The molecular weight excluding hydrogens is 142 g/mol. The number of aromatic amines is 1. The normalized spacial score (nSPS) is 10.5. The van der Waals surface area contributed by atoms with Crippen LogP contribution in [0.1, 0.15) is 0 Å². The highest BCUT2D eigenvalue weighted by Gasteiger charge is 2.03. The number of anilines is 2. The van der Waals surface area contributed by atoms with Crippen LogP contribution < -0.4 is 11.5 Å². The van der Waals surface area contributed by atoms with Crippen LogP contribution >= 0.6 is 0 Å². The Bertz CT molecular complexity index is 391. The molecule has 1 aromatic heterocycles. The van der Waals surface area contributed by atoms with E-state index in [9.17, 15) is 0 Å². The van der Waals surface area contributed by atoms with Crippen LogP contribution in [-0.2, 0) is 0 Å². The number of aromatic nitrogens is 3. The van der Waals surface area contributed by atoms with Gasteiger partial charge < -0.3 is 11.5 Å². The highest BCUT2D eigenvalue weighted by Crippen LogP contribution is 2.22. The standard InChI is InChI=1S/C6H7N5/c7-3-1-2-4-6(5(3)8)10-11-9-4/h1-2H,7-8H2,(H,9,10,11). The van der Waals surface area contributed by atoms with E-state index in [-0.39, 0.29) is 0 Å². The van der Waals surface area contributed by atoms with Gasteiger partial charge in [0.25, 0.3) is 0 Å². The van der Waals surface area contributed by atoms with Crippen molar-refractivity contribution >= 4 is 22.4 Å². The molecular formula is C6H7N5. The Kier molecular flexibility index (Phi) is 1.00. The molecule has 0 amide bonds. The van der Waals surface area contributed by atoms with Gasteiger partial charge in [0.15, 0.2) is 0 Å². The van der Waals surface area contributed by atoms with Gasteiger partial charge in [-0.3, -0.25) is 5.10 Å². The fraction of sp³-hybridized carbons (Fsp3) is 0. The quantitative estimate of drug-likeness (QED) is 0.464. The van der Waals surface area contributed by atoms with Crippen molar-refractivity contribution in [3.63, 3.8) is 0 Å². The van der Waals surface area contributed by atoms with Crippen LogP contribution in [0.2, 0.25) is 0 Å². The Labute approximate surface area is 62.4 Å². The maximum absolute atomic E-state index is 5.62. The minimum Gasteiger partial charge on any atom is -0.397 e. The average Bonchev–Trinajstić information content (AvgIpc) is 2.45. The highest BCUT2D eigenvalue weighted by molar-refractivity contribution is 5.92. The first-order valence-electron chi connectivity index (χ1n) is 3.14. The molecule has 2 aromatic rings. The van der Waals surface area contributed by atoms with Crippen molar-refractivity contribution in [1.29, 1.82) is 0 Å². The fourth-order valence-corrected chi connectivity index (χ4v) is 0.950. The van der Waals surface area contributed by atoms with Crippen molar-refractivity contribution in [2.24, 2.45) is 0 Å². The summed E-state index contributed by atoms with van der Waals surface area (Å²) in [5.74, 6) is 0. The van der Waals surface area contributed by atoms with Crippen molar-refractivity contribution in [2.75, 3.05) is 11.5 Å². The number of nitrogens with two attached hydrogens (primary N) is 2. The van der Waals surface area contributed by atoms with Crippen LogP contribution in [-0.4, -0.2) is 15.4 Å². The average molecular weight is 149 g/mol. The Morgan fingerprint density at radius 2 is 2.09 bits per heavy atom. The predicted octanol–water partition coefficient (Wildman–Crippen LogP) is 0.122. The lowest BCUT2D eigenvalue weighted by Gasteiger charge is -1.97. The van der Waals surface area contributed by atoms with Crippen molar-refractivity contribution in [2.45, 2.75) is 0 Å². The van der Waals surface area contributed by atoms with Crippen LogP contribution in [0.3, 0.4) is 0 Å². The summed E-state index contributed by atoms with van der Waals surface area (Å²) < 4.78 is 0. The predicted molar refractivity (Wildman–Crippen MR) is 42.7 cm³/mol. The topological polar surface area (TPSA) is 93.6 Å². The maximum atomic E-state index is 5.62. The number of nitrogens with zero attached hydrogens (tertiary/aromatic N) is 2. The molecule has 0 saturated carbocycles. The number of hydrogen-bond acceptors (Lipinski definition) is 4. The molecule has 0 aliphatic carbocycles. The Morgan fingerprint density at radius 1 is 1.27 bits per heavy atom. The lowest BCUT2D eigenvalue weighted by atomic mass is 10.2. The first-order chi connectivity index (χ1) is 5.29. The molecule has 5 nitrogen and oxygen atoms in total. The largest absolute Gasteiger partial charge is 0.397 e. The SMILES string of the molecule is Nc1ccc2[nH]nnc2c1N. The molecule has 0 saturated heterocycles. The van der Waals surface area contributed by atoms with Crippen LogP contribution in [0.5, 0.6) is 0 Å². The second-order valence-corrected chi connectivity index (χ2v) is 2.28. The van der Waals surface area contributed by atoms with E-state index in [0.29, 0.717) is 16.9 Å². The second-order valence-electron chi connectivity index (χ2n) is 2.28. The van der Waals surface area contributed by atoms with Gasteiger partial charge in [-0.1, -0.05) is 5.21 Å². The van der Waals surface area contributed by atoms with E-state index in [2.05, 4.69) is 15.4 Å². The van der Waals surface area contributed by atoms with Gasteiger partial charge in [-0.05, 0) is 12.1 Å². The Morgan fingerprint density at radius 3 is 2.91 bits per heavy atom. The number of nitrogen functional groups attached to an aromatic ring is 2. The monoisotopic (exact) mass is 149 g/mol. The first-order valence-corrected chi connectivity index (χ1v) is 3.14. The molecule has 0 aliphatic rings. The number of nitrogens with one attached hydrogen (secondary N) is 1. The molecule has 1 heterocycles. The number of rotatable bonds is 0. The lowest BCUT2D eigenvalue weighted by molar-refractivity contribution is 0.960. The van der Waals surface area contributed by atoms with E-state index in [4.69, 9.17) is 11.5 Å².